The second-order valence-electron chi connectivity index (χ2n) is 5.70. The smallest absolute Gasteiger partial charge is 0.335 e. The third kappa shape index (κ3) is 5.80. The van der Waals surface area contributed by atoms with Gasteiger partial charge in [-0.1, -0.05) is 30.3 Å². The topological polar surface area (TPSA) is 133 Å². The molecule has 0 saturated carbocycles. The molecule has 3 rings (SSSR count). The number of anilines is 1. The number of carbonyl (C=O) groups excluding carboxylic acids is 1. The third-order valence-corrected chi connectivity index (χ3v) is 6.02. The molecule has 0 bridgehead atoms. The average Bonchev–Trinajstić information content (AvgIpc) is 2.67. The van der Waals surface area contributed by atoms with Crippen LogP contribution in [0.25, 0.3) is 10.8 Å². The monoisotopic (exact) mass is 447 g/mol. The molecular formula is C19H18AsNO7. The summed E-state index contributed by atoms with van der Waals surface area (Å²) in [4.78, 5) is 21.4. The van der Waals surface area contributed by atoms with E-state index >= 15 is 0 Å². The molecule has 0 saturated heterocycles. The second-order valence-corrected chi connectivity index (χ2v) is 9.31. The fourth-order valence-corrected chi connectivity index (χ4v) is 3.74. The van der Waals surface area contributed by atoms with E-state index in [0.717, 1.165) is 10.8 Å². The molecule has 0 radical (unpaired) electrons. The summed E-state index contributed by atoms with van der Waals surface area (Å²) in [5, 5.41) is 21.5. The number of carboxylic acid groups (broad SMARTS) is 1. The Bertz CT molecular complexity index is 1050. The summed E-state index contributed by atoms with van der Waals surface area (Å²) in [7, 11) is 0. The fourth-order valence-electron chi connectivity index (χ4n) is 2.33. The van der Waals surface area contributed by atoms with Gasteiger partial charge in [-0.15, -0.1) is 0 Å². The van der Waals surface area contributed by atoms with E-state index in [9.17, 15) is 17.4 Å². The molecule has 1 atom stereocenters. The van der Waals surface area contributed by atoms with Gasteiger partial charge in [0.15, 0.2) is 0 Å². The number of benzene rings is 3. The molecule has 146 valence electrons. The van der Waals surface area contributed by atoms with Crippen molar-refractivity contribution in [1.82, 2.24) is 0 Å². The van der Waals surface area contributed by atoms with Gasteiger partial charge in [-0.25, -0.2) is 4.79 Å². The van der Waals surface area contributed by atoms with E-state index in [4.69, 9.17) is 10.4 Å². The van der Waals surface area contributed by atoms with Gasteiger partial charge in [-0.2, -0.15) is 0 Å². The van der Waals surface area contributed by atoms with E-state index in [1.165, 1.54) is 25.1 Å². The predicted molar refractivity (Wildman–Crippen MR) is 104 cm³/mol. The van der Waals surface area contributed by atoms with Gasteiger partial charge >= 0.3 is 94.4 Å². The molecule has 1 amide bonds. The van der Waals surface area contributed by atoms with Crippen LogP contribution in [-0.4, -0.2) is 40.5 Å². The molecule has 28 heavy (non-hydrogen) atoms. The van der Waals surface area contributed by atoms with Crippen LogP contribution >= 0.6 is 0 Å². The largest absolute Gasteiger partial charge is 0.478 e. The maximum atomic E-state index is 11.3. The summed E-state index contributed by atoms with van der Waals surface area (Å²) in [6, 6.07) is 18.4. The van der Waals surface area contributed by atoms with E-state index in [0.29, 0.717) is 11.3 Å². The summed E-state index contributed by atoms with van der Waals surface area (Å²) in [5.41, 5.74) is 0.700. The number of aromatic carboxylic acids is 1. The molecule has 1 unspecified atom stereocenters. The molecule has 0 aromatic heterocycles. The van der Waals surface area contributed by atoms with Gasteiger partial charge in [-0.3, -0.25) is 0 Å². The minimum absolute atomic E-state index is 0.0399. The van der Waals surface area contributed by atoms with E-state index in [1.807, 2.05) is 30.3 Å². The van der Waals surface area contributed by atoms with Crippen molar-refractivity contribution in [1.29, 1.82) is 0 Å². The number of fused-ring (bicyclic) bond motifs is 1. The number of nitrogens with one attached hydrogen (secondary N) is 1. The minimum atomic E-state index is -4.83. The zero-order chi connectivity index (χ0) is 20.7. The molecule has 4 N–H and O–H groups in total. The summed E-state index contributed by atoms with van der Waals surface area (Å²) in [6.45, 7) is 1.32. The van der Waals surface area contributed by atoms with Crippen molar-refractivity contribution in [3.8, 4) is 0 Å². The first-order valence-electron chi connectivity index (χ1n) is 7.99. The zero-order valence-electron chi connectivity index (χ0n) is 14.8. The Labute approximate surface area is 163 Å². The minimum Gasteiger partial charge on any atom is -0.478 e. The van der Waals surface area contributed by atoms with E-state index in [-0.39, 0.29) is 10.3 Å². The Morgan fingerprint density at radius 3 is 2.25 bits per heavy atom. The molecule has 0 aliphatic carbocycles. The second kappa shape index (κ2) is 9.34. The van der Waals surface area contributed by atoms with Gasteiger partial charge in [0.25, 0.3) is 0 Å². The molecule has 8 nitrogen and oxygen atoms in total. The van der Waals surface area contributed by atoms with Crippen molar-refractivity contribution in [2.24, 2.45) is 0 Å². The quantitative estimate of drug-likeness (QED) is 0.274. The van der Waals surface area contributed by atoms with Crippen LogP contribution in [0.15, 0.2) is 66.7 Å². The Morgan fingerprint density at radius 1 is 0.964 bits per heavy atom. The van der Waals surface area contributed by atoms with Crippen molar-refractivity contribution in [3.63, 3.8) is 0 Å². The van der Waals surface area contributed by atoms with Gasteiger partial charge in [-0.05, 0) is 22.9 Å². The van der Waals surface area contributed by atoms with Gasteiger partial charge in [0.2, 0.25) is 0 Å². The molecule has 0 fully saturated rings. The number of carboxylic acids is 1. The number of hydrogen-bond donors (Lipinski definition) is 4. The first-order chi connectivity index (χ1) is 13.2. The molecule has 3 aromatic rings. The Balaban J connectivity index is 0.000000202. The normalized spacial score (nSPS) is 12.4. The molecule has 9 heteroatoms. The first kappa shape index (κ1) is 21.4. The van der Waals surface area contributed by atoms with E-state index in [2.05, 4.69) is 9.19 Å². The molecule has 0 aliphatic heterocycles. The van der Waals surface area contributed by atoms with Gasteiger partial charge in [0.1, 0.15) is 0 Å². The molecule has 3 aromatic carbocycles. The maximum Gasteiger partial charge on any atom is 0.335 e. The maximum absolute atomic E-state index is 11.3. The summed E-state index contributed by atoms with van der Waals surface area (Å²) in [6.07, 6.45) is 0. The summed E-state index contributed by atoms with van der Waals surface area (Å²) < 4.78 is 23.9. The number of rotatable bonds is 4. The molecule has 0 heterocycles. The van der Waals surface area contributed by atoms with Crippen molar-refractivity contribution in [3.05, 3.63) is 72.3 Å². The van der Waals surface area contributed by atoms with Crippen LogP contribution in [0, 0.1) is 0 Å². The van der Waals surface area contributed by atoms with Crippen molar-refractivity contribution < 1.29 is 31.7 Å². The van der Waals surface area contributed by atoms with Crippen molar-refractivity contribution in [2.45, 2.75) is 6.92 Å². The van der Waals surface area contributed by atoms with Crippen molar-refractivity contribution >= 4 is 46.9 Å². The number of amides is 1. The zero-order valence-corrected chi connectivity index (χ0v) is 16.6. The Kier molecular flexibility index (Phi) is 7.14. The van der Waals surface area contributed by atoms with Gasteiger partial charge in [0, 0.05) is 0 Å². The third-order valence-electron chi connectivity index (χ3n) is 3.60. The standard InChI is InChI=1S/C11H8O2.C8H10AsNO5/c12-11(13)10-6-5-8-3-1-2-4-9(8)7-10;1-6(11)10-8-4-2-3-7(5-8)9(12,13)15-14/h1-7H,(H,12,13);2-5,14H,1H3,(H,10,11)(H,12,13). The molecular weight excluding hydrogens is 429 g/mol. The van der Waals surface area contributed by atoms with Gasteiger partial charge < -0.3 is 5.11 Å². The summed E-state index contributed by atoms with van der Waals surface area (Å²) >= 11 is -4.83. The van der Waals surface area contributed by atoms with Crippen LogP contribution in [0.3, 0.4) is 0 Å². The van der Waals surface area contributed by atoms with Crippen LogP contribution in [0.4, 0.5) is 5.69 Å². The van der Waals surface area contributed by atoms with Crippen LogP contribution < -0.4 is 9.67 Å². The fraction of sp³-hybridized carbons (Fsp3) is 0.0526. The van der Waals surface area contributed by atoms with Crippen LogP contribution in [0.5, 0.6) is 0 Å². The Hall–Kier alpha value is -2.90. The first-order valence-corrected chi connectivity index (χ1v) is 11.3. The predicted octanol–water partition coefficient (Wildman–Crippen LogP) is 2.24. The Morgan fingerprint density at radius 2 is 1.64 bits per heavy atom. The van der Waals surface area contributed by atoms with Crippen LogP contribution in [0.2, 0.25) is 0 Å². The van der Waals surface area contributed by atoms with E-state index < -0.39 is 20.1 Å². The van der Waals surface area contributed by atoms with Crippen molar-refractivity contribution in [2.75, 3.05) is 5.32 Å². The van der Waals surface area contributed by atoms with E-state index in [1.54, 1.807) is 18.2 Å². The molecule has 0 spiro atoms. The number of carbonyl (C=O) groups is 2. The SMILES string of the molecule is CC(=O)Nc1cccc([As](=O)(O)OO)c1.O=C(O)c1ccc2ccccc2c1. The number of hydrogen-bond acceptors (Lipinski definition) is 5. The van der Waals surface area contributed by atoms with Gasteiger partial charge in [0.05, 0.1) is 5.56 Å². The summed E-state index contributed by atoms with van der Waals surface area (Å²) in [5.74, 6) is -1.18. The van der Waals surface area contributed by atoms with Crippen LogP contribution in [-0.2, 0) is 12.4 Å². The van der Waals surface area contributed by atoms with Crippen LogP contribution in [0.1, 0.15) is 17.3 Å². The average molecular weight is 447 g/mol. The molecule has 0 aliphatic rings.